The summed E-state index contributed by atoms with van der Waals surface area (Å²) < 4.78 is 24.0. The minimum absolute atomic E-state index is 0.0267. The van der Waals surface area contributed by atoms with E-state index in [2.05, 4.69) is 21.2 Å². The Kier molecular flexibility index (Phi) is 6.21. The highest BCUT2D eigenvalue weighted by molar-refractivity contribution is 9.10. The molecule has 3 nitrogen and oxygen atoms in total. The molecule has 0 spiro atoms. The van der Waals surface area contributed by atoms with Crippen LogP contribution in [0, 0.1) is 5.82 Å². The predicted molar refractivity (Wildman–Crippen MR) is 72.9 cm³/mol. The van der Waals surface area contributed by atoms with Crippen LogP contribution < -0.4 is 5.32 Å². The monoisotopic (exact) mass is 319 g/mol. The van der Waals surface area contributed by atoms with Gasteiger partial charge in [-0.1, -0.05) is 6.07 Å². The number of benzene rings is 1. The first kappa shape index (κ1) is 15.6. The second-order valence-electron chi connectivity index (χ2n) is 4.19. The van der Waals surface area contributed by atoms with Crippen molar-refractivity contribution in [2.45, 2.75) is 32.2 Å². The molecule has 0 aromatic heterocycles. The lowest BCUT2D eigenvalue weighted by molar-refractivity contribution is -0.120. The normalized spacial score (nSPS) is 14.8. The number of nitrogens with one attached hydrogen (secondary N) is 1. The molecule has 2 unspecified atom stereocenters. The lowest BCUT2D eigenvalue weighted by Gasteiger charge is -2.26. The molecule has 102 valence electrons. The Hall–Kier alpha value is -0.490. The van der Waals surface area contributed by atoms with Gasteiger partial charge in [-0.25, -0.2) is 4.39 Å². The second kappa shape index (κ2) is 7.19. The smallest absolute Gasteiger partial charge is 0.171 e. The van der Waals surface area contributed by atoms with Crippen LogP contribution >= 0.6 is 15.9 Å². The van der Waals surface area contributed by atoms with Crippen LogP contribution in [0.25, 0.3) is 0 Å². The average Bonchev–Trinajstić information content (AvgIpc) is 2.34. The lowest BCUT2D eigenvalue weighted by atomic mass is 10.1. The van der Waals surface area contributed by atoms with E-state index in [1.807, 2.05) is 13.8 Å². The fourth-order valence-electron chi connectivity index (χ4n) is 1.86. The molecule has 1 rings (SSSR count). The van der Waals surface area contributed by atoms with Crippen LogP contribution in [0.5, 0.6) is 0 Å². The zero-order chi connectivity index (χ0) is 13.7. The van der Waals surface area contributed by atoms with Gasteiger partial charge in [-0.2, -0.15) is 0 Å². The summed E-state index contributed by atoms with van der Waals surface area (Å²) in [5, 5.41) is 3.35. The number of halogens is 2. The Morgan fingerprint density at radius 2 is 1.83 bits per heavy atom. The van der Waals surface area contributed by atoms with Gasteiger partial charge in [0.1, 0.15) is 5.82 Å². The average molecular weight is 320 g/mol. The minimum Gasteiger partial charge on any atom is -0.354 e. The summed E-state index contributed by atoms with van der Waals surface area (Å²) in [6.07, 6.45) is -0.309. The summed E-state index contributed by atoms with van der Waals surface area (Å²) in [4.78, 5) is 0. The maximum Gasteiger partial charge on any atom is 0.171 e. The topological polar surface area (TPSA) is 30.5 Å². The molecule has 18 heavy (non-hydrogen) atoms. The van der Waals surface area contributed by atoms with E-state index >= 15 is 0 Å². The Morgan fingerprint density at radius 1 is 1.22 bits per heavy atom. The summed E-state index contributed by atoms with van der Waals surface area (Å²) in [5.41, 5.74) is 1.00. The lowest BCUT2D eigenvalue weighted by Crippen LogP contribution is -2.40. The highest BCUT2D eigenvalue weighted by atomic mass is 79.9. The molecular weight excluding hydrogens is 301 g/mol. The second-order valence-corrected chi connectivity index (χ2v) is 5.04. The molecule has 0 aliphatic rings. The van der Waals surface area contributed by atoms with Gasteiger partial charge in [0.05, 0.1) is 10.5 Å². The number of hydrogen-bond donors (Lipinski definition) is 1. The van der Waals surface area contributed by atoms with Crippen molar-refractivity contribution in [2.75, 3.05) is 14.2 Å². The first-order valence-electron chi connectivity index (χ1n) is 5.76. The van der Waals surface area contributed by atoms with Crippen molar-refractivity contribution in [1.29, 1.82) is 0 Å². The molecule has 0 radical (unpaired) electrons. The zero-order valence-corrected chi connectivity index (χ0v) is 12.6. The molecule has 0 saturated carbocycles. The number of methoxy groups -OCH3 is 2. The van der Waals surface area contributed by atoms with Crippen molar-refractivity contribution in [2.24, 2.45) is 0 Å². The van der Waals surface area contributed by atoms with E-state index in [4.69, 9.17) is 9.47 Å². The van der Waals surface area contributed by atoms with Gasteiger partial charge in [-0.15, -0.1) is 0 Å². The number of rotatable bonds is 6. The highest BCUT2D eigenvalue weighted by Crippen LogP contribution is 2.21. The van der Waals surface area contributed by atoms with Crippen LogP contribution in [0.2, 0.25) is 0 Å². The molecule has 1 N–H and O–H groups in total. The van der Waals surface area contributed by atoms with E-state index in [0.29, 0.717) is 4.47 Å². The van der Waals surface area contributed by atoms with Crippen LogP contribution in [-0.4, -0.2) is 26.6 Å². The Morgan fingerprint density at radius 3 is 2.33 bits per heavy atom. The third-order valence-electron chi connectivity index (χ3n) is 2.83. The summed E-state index contributed by atoms with van der Waals surface area (Å²) in [6, 6.07) is 5.09. The molecule has 0 bridgehead atoms. The molecule has 5 heteroatoms. The van der Waals surface area contributed by atoms with Gasteiger partial charge in [-0.3, -0.25) is 0 Å². The van der Waals surface area contributed by atoms with Gasteiger partial charge in [0.15, 0.2) is 6.29 Å². The summed E-state index contributed by atoms with van der Waals surface area (Å²) in [5.74, 6) is -0.259. The maximum absolute atomic E-state index is 13.2. The molecule has 1 aromatic rings. The van der Waals surface area contributed by atoms with Gasteiger partial charge in [0.25, 0.3) is 0 Å². The van der Waals surface area contributed by atoms with Crippen molar-refractivity contribution in [1.82, 2.24) is 5.32 Å². The third-order valence-corrected chi connectivity index (χ3v) is 3.44. The first-order valence-corrected chi connectivity index (χ1v) is 6.55. The van der Waals surface area contributed by atoms with Gasteiger partial charge < -0.3 is 14.8 Å². The van der Waals surface area contributed by atoms with Crippen LogP contribution in [0.3, 0.4) is 0 Å². The van der Waals surface area contributed by atoms with Gasteiger partial charge in [0, 0.05) is 20.3 Å². The number of ether oxygens (including phenoxy) is 2. The molecule has 0 aliphatic heterocycles. The number of hydrogen-bond acceptors (Lipinski definition) is 3. The van der Waals surface area contributed by atoms with E-state index in [9.17, 15) is 4.39 Å². The Balaban J connectivity index is 2.69. The Bertz CT molecular complexity index is 385. The van der Waals surface area contributed by atoms with Crippen LogP contribution in [0.4, 0.5) is 4.39 Å². The van der Waals surface area contributed by atoms with E-state index in [1.165, 1.54) is 6.07 Å². The van der Waals surface area contributed by atoms with E-state index < -0.39 is 0 Å². The Labute approximate surface area is 116 Å². The molecular formula is C13H19BrFNO2. The molecule has 1 aromatic carbocycles. The molecule has 0 aliphatic carbocycles. The van der Waals surface area contributed by atoms with Gasteiger partial charge in [0.2, 0.25) is 0 Å². The summed E-state index contributed by atoms with van der Waals surface area (Å²) in [7, 11) is 3.21. The molecule has 0 fully saturated rings. The third kappa shape index (κ3) is 4.02. The van der Waals surface area contributed by atoms with Crippen LogP contribution in [0.1, 0.15) is 25.5 Å². The molecule has 2 atom stereocenters. The zero-order valence-electron chi connectivity index (χ0n) is 11.0. The van der Waals surface area contributed by atoms with E-state index in [1.54, 1.807) is 26.4 Å². The molecule has 0 amide bonds. The molecule has 0 heterocycles. The van der Waals surface area contributed by atoms with E-state index in [0.717, 1.165) is 5.56 Å². The fourth-order valence-corrected chi connectivity index (χ4v) is 2.25. The van der Waals surface area contributed by atoms with Crippen molar-refractivity contribution >= 4 is 15.9 Å². The van der Waals surface area contributed by atoms with Gasteiger partial charge in [-0.05, 0) is 47.5 Å². The summed E-state index contributed by atoms with van der Waals surface area (Å²) in [6.45, 7) is 3.99. The quantitative estimate of drug-likeness (QED) is 0.816. The SMILES string of the molecule is COC(OC)C(C)NC(C)c1ccc(F)c(Br)c1. The van der Waals surface area contributed by atoms with Crippen molar-refractivity contribution < 1.29 is 13.9 Å². The highest BCUT2D eigenvalue weighted by Gasteiger charge is 2.18. The summed E-state index contributed by atoms with van der Waals surface area (Å²) >= 11 is 3.18. The van der Waals surface area contributed by atoms with Crippen molar-refractivity contribution in [3.63, 3.8) is 0 Å². The fraction of sp³-hybridized carbons (Fsp3) is 0.538. The minimum atomic E-state index is -0.309. The van der Waals surface area contributed by atoms with Crippen molar-refractivity contribution in [3.8, 4) is 0 Å². The van der Waals surface area contributed by atoms with Crippen LogP contribution in [0.15, 0.2) is 22.7 Å². The molecule has 0 saturated heterocycles. The predicted octanol–water partition coefficient (Wildman–Crippen LogP) is 3.25. The van der Waals surface area contributed by atoms with E-state index in [-0.39, 0.29) is 24.2 Å². The maximum atomic E-state index is 13.2. The van der Waals surface area contributed by atoms with Crippen molar-refractivity contribution in [3.05, 3.63) is 34.1 Å². The standard InChI is InChI=1S/C13H19BrFNO2/c1-8(16-9(2)13(17-3)18-4)10-5-6-12(15)11(14)7-10/h5-9,13,16H,1-4H3. The van der Waals surface area contributed by atoms with Gasteiger partial charge >= 0.3 is 0 Å². The van der Waals surface area contributed by atoms with Crippen LogP contribution in [-0.2, 0) is 9.47 Å². The largest absolute Gasteiger partial charge is 0.354 e. The first-order chi connectivity index (χ1) is 8.49.